The maximum Gasteiger partial charge on any atom is 0.169 e. The van der Waals surface area contributed by atoms with E-state index in [4.69, 9.17) is 4.99 Å². The highest BCUT2D eigenvalue weighted by Gasteiger charge is 2.32. The summed E-state index contributed by atoms with van der Waals surface area (Å²) in [4.78, 5) is 16.3. The minimum atomic E-state index is 0.233. The molecule has 1 atom stereocenters. The molecule has 0 saturated heterocycles. The molecule has 0 N–H and O–H groups in total. The van der Waals surface area contributed by atoms with Gasteiger partial charge in [0.15, 0.2) is 17.3 Å². The molecule has 2 aromatic carbocycles. The molecule has 0 unspecified atom stereocenters. The summed E-state index contributed by atoms with van der Waals surface area (Å²) in [5, 5.41) is 0. The fraction of sp³-hybridized carbons (Fsp3) is 0.150. The second-order valence-electron chi connectivity index (χ2n) is 6.32. The average Bonchev–Trinajstić information content (AvgIpc) is 3.26. The molecule has 5 nitrogen and oxygen atoms in total. The van der Waals surface area contributed by atoms with Gasteiger partial charge in [0.1, 0.15) is 6.33 Å². The molecule has 122 valence electrons. The van der Waals surface area contributed by atoms with Gasteiger partial charge in [0, 0.05) is 12.2 Å². The third kappa shape index (κ3) is 2.45. The van der Waals surface area contributed by atoms with Gasteiger partial charge in [-0.25, -0.2) is 9.98 Å². The largest absolute Gasteiger partial charge is 0.313 e. The first-order chi connectivity index (χ1) is 12.4. The van der Waals surface area contributed by atoms with E-state index < -0.39 is 0 Å². The molecule has 2 aliphatic heterocycles. The van der Waals surface area contributed by atoms with Gasteiger partial charge >= 0.3 is 0 Å². The van der Waals surface area contributed by atoms with Crippen molar-refractivity contribution < 1.29 is 0 Å². The van der Waals surface area contributed by atoms with E-state index in [0.717, 1.165) is 36.0 Å². The van der Waals surface area contributed by atoms with Crippen molar-refractivity contribution in [2.45, 2.75) is 12.5 Å². The fourth-order valence-electron chi connectivity index (χ4n) is 3.42. The molecule has 0 spiro atoms. The van der Waals surface area contributed by atoms with E-state index in [1.54, 1.807) is 0 Å². The van der Waals surface area contributed by atoms with Gasteiger partial charge in [-0.1, -0.05) is 48.5 Å². The summed E-state index contributed by atoms with van der Waals surface area (Å²) in [6, 6.07) is 20.9. The highest BCUT2D eigenvalue weighted by molar-refractivity contribution is 6.10. The highest BCUT2D eigenvalue weighted by atomic mass is 15.3. The summed E-state index contributed by atoms with van der Waals surface area (Å²) < 4.78 is 2.01. The van der Waals surface area contributed by atoms with Crippen molar-refractivity contribution >= 4 is 18.0 Å². The first-order valence-corrected chi connectivity index (χ1v) is 8.44. The van der Waals surface area contributed by atoms with Gasteiger partial charge in [-0.05, 0) is 24.1 Å². The minimum absolute atomic E-state index is 0.233. The number of benzene rings is 2. The van der Waals surface area contributed by atoms with Gasteiger partial charge in [0.2, 0.25) is 0 Å². The number of para-hydroxylation sites is 1. The quantitative estimate of drug-likeness (QED) is 0.741. The van der Waals surface area contributed by atoms with Gasteiger partial charge in [0.25, 0.3) is 0 Å². The lowest BCUT2D eigenvalue weighted by molar-refractivity contribution is 0.577. The molecule has 0 radical (unpaired) electrons. The smallest absolute Gasteiger partial charge is 0.169 e. The van der Waals surface area contributed by atoms with Crippen LogP contribution in [0, 0.1) is 0 Å². The number of hydrogen-bond acceptors (Lipinski definition) is 4. The Hall–Kier alpha value is -3.21. The molecule has 0 amide bonds. The van der Waals surface area contributed by atoms with Crippen LogP contribution in [0.25, 0.3) is 5.69 Å². The number of nitrogens with zero attached hydrogens (tertiary/aromatic N) is 5. The Morgan fingerprint density at radius 3 is 2.52 bits per heavy atom. The van der Waals surface area contributed by atoms with Crippen molar-refractivity contribution in [2.75, 3.05) is 6.54 Å². The van der Waals surface area contributed by atoms with Crippen LogP contribution in [0.2, 0.25) is 0 Å². The number of fused-ring (bicyclic) bond motifs is 3. The second kappa shape index (κ2) is 5.70. The molecule has 3 aromatic rings. The number of hydrogen-bond donors (Lipinski definition) is 0. The van der Waals surface area contributed by atoms with Crippen LogP contribution in [-0.2, 0) is 6.42 Å². The Morgan fingerprint density at radius 1 is 0.960 bits per heavy atom. The summed E-state index contributed by atoms with van der Waals surface area (Å²) in [6.45, 7) is 0.853. The van der Waals surface area contributed by atoms with Crippen LogP contribution in [-0.4, -0.2) is 39.2 Å². The Morgan fingerprint density at radius 2 is 1.72 bits per heavy atom. The van der Waals surface area contributed by atoms with Gasteiger partial charge < -0.3 is 4.90 Å². The molecule has 3 heterocycles. The molecule has 5 rings (SSSR count). The monoisotopic (exact) mass is 327 g/mol. The molecular weight excluding hydrogens is 310 g/mol. The summed E-state index contributed by atoms with van der Waals surface area (Å²) in [6.07, 6.45) is 4.64. The number of amidine groups is 1. The standard InChI is InChI=1S/C20H17N5/c1-3-7-15(8-4-1)11-16-12-24-13-22-19-18(20(24)23-16)21-14-25(19)17-9-5-2-6-10-17/h1-10,13-14,16H,11-12H2/t16-/m0/s1. The molecule has 1 aromatic heterocycles. The first kappa shape index (κ1) is 14.2. The van der Waals surface area contributed by atoms with Crippen LogP contribution in [0.1, 0.15) is 11.3 Å². The van der Waals surface area contributed by atoms with E-state index in [1.807, 2.05) is 41.5 Å². The molecule has 0 bridgehead atoms. The predicted octanol–water partition coefficient (Wildman–Crippen LogP) is 3.22. The molecule has 5 heteroatoms. The van der Waals surface area contributed by atoms with Gasteiger partial charge in [-0.2, -0.15) is 0 Å². The average molecular weight is 327 g/mol. The summed E-state index contributed by atoms with van der Waals surface area (Å²) >= 11 is 0. The SMILES string of the molecule is C1=Nc2c(ncn2-c2ccccc2)C2=N[C@@H](Cc3ccccc3)CN12. The van der Waals surface area contributed by atoms with E-state index in [9.17, 15) is 0 Å². The first-order valence-electron chi connectivity index (χ1n) is 8.44. The van der Waals surface area contributed by atoms with Crippen molar-refractivity contribution in [3.8, 4) is 5.69 Å². The topological polar surface area (TPSA) is 45.8 Å². The van der Waals surface area contributed by atoms with E-state index >= 15 is 0 Å². The number of rotatable bonds is 3. The lowest BCUT2D eigenvalue weighted by Crippen LogP contribution is -2.31. The Bertz CT molecular complexity index is 956. The van der Waals surface area contributed by atoms with E-state index in [2.05, 4.69) is 51.3 Å². The van der Waals surface area contributed by atoms with E-state index in [-0.39, 0.29) is 6.04 Å². The van der Waals surface area contributed by atoms with Crippen molar-refractivity contribution in [3.05, 3.63) is 78.2 Å². The zero-order valence-corrected chi connectivity index (χ0v) is 13.7. The molecular formula is C20H17N5. The van der Waals surface area contributed by atoms with Crippen LogP contribution in [0.5, 0.6) is 0 Å². The molecule has 2 aliphatic rings. The molecule has 0 aliphatic carbocycles. The second-order valence-corrected chi connectivity index (χ2v) is 6.32. The lowest BCUT2D eigenvalue weighted by Gasteiger charge is -2.18. The van der Waals surface area contributed by atoms with Crippen LogP contribution >= 0.6 is 0 Å². The Balaban J connectivity index is 1.48. The fourth-order valence-corrected chi connectivity index (χ4v) is 3.42. The van der Waals surface area contributed by atoms with Crippen LogP contribution in [0.3, 0.4) is 0 Å². The minimum Gasteiger partial charge on any atom is -0.313 e. The van der Waals surface area contributed by atoms with E-state index in [0.29, 0.717) is 0 Å². The van der Waals surface area contributed by atoms with Crippen molar-refractivity contribution in [1.29, 1.82) is 0 Å². The van der Waals surface area contributed by atoms with Gasteiger partial charge in [-0.15, -0.1) is 0 Å². The van der Waals surface area contributed by atoms with Gasteiger partial charge in [-0.3, -0.25) is 9.56 Å². The van der Waals surface area contributed by atoms with Crippen molar-refractivity contribution in [1.82, 2.24) is 14.5 Å². The van der Waals surface area contributed by atoms with Crippen LogP contribution in [0.4, 0.5) is 5.82 Å². The highest BCUT2D eigenvalue weighted by Crippen LogP contribution is 2.30. The van der Waals surface area contributed by atoms with Crippen LogP contribution < -0.4 is 0 Å². The Labute approximate surface area is 146 Å². The lowest BCUT2D eigenvalue weighted by atomic mass is 10.1. The van der Waals surface area contributed by atoms with Crippen molar-refractivity contribution in [2.24, 2.45) is 9.98 Å². The number of imidazole rings is 1. The number of aliphatic imine (C=N–C) groups is 2. The Kier molecular flexibility index (Phi) is 3.23. The van der Waals surface area contributed by atoms with Crippen molar-refractivity contribution in [3.63, 3.8) is 0 Å². The molecule has 25 heavy (non-hydrogen) atoms. The van der Waals surface area contributed by atoms with Gasteiger partial charge in [0.05, 0.1) is 12.4 Å². The zero-order chi connectivity index (χ0) is 16.6. The number of aromatic nitrogens is 2. The molecule has 0 fully saturated rings. The third-order valence-corrected chi connectivity index (χ3v) is 4.61. The van der Waals surface area contributed by atoms with Crippen LogP contribution in [0.15, 0.2) is 77.0 Å². The summed E-state index contributed by atoms with van der Waals surface area (Å²) in [5.74, 6) is 1.78. The molecule has 0 saturated carbocycles. The maximum atomic E-state index is 4.93. The maximum absolute atomic E-state index is 4.93. The summed E-state index contributed by atoms with van der Waals surface area (Å²) in [5.41, 5.74) is 3.23. The third-order valence-electron chi connectivity index (χ3n) is 4.61. The normalized spacial score (nSPS) is 18.0. The zero-order valence-electron chi connectivity index (χ0n) is 13.7. The van der Waals surface area contributed by atoms with E-state index in [1.165, 1.54) is 5.56 Å². The predicted molar refractivity (Wildman–Crippen MR) is 98.9 cm³/mol. The summed E-state index contributed by atoms with van der Waals surface area (Å²) in [7, 11) is 0.